The fraction of sp³-hybridized carbons (Fsp3) is 0.0400. The van der Waals surface area contributed by atoms with E-state index >= 15 is 0 Å². The van der Waals surface area contributed by atoms with Gasteiger partial charge in [-0.1, -0.05) is 78.9 Å². The number of aromatic amines is 1. The van der Waals surface area contributed by atoms with Crippen molar-refractivity contribution in [2.75, 3.05) is 0 Å². The molecule has 2 heterocycles. The fourth-order valence-electron chi connectivity index (χ4n) is 3.59. The van der Waals surface area contributed by atoms with Crippen LogP contribution < -0.4 is 0 Å². The maximum Gasteiger partial charge on any atom is 0.140 e. The summed E-state index contributed by atoms with van der Waals surface area (Å²) in [5, 5.41) is 0. The number of nitrogens with zero attached hydrogens (tertiary/aromatic N) is 3. The number of benzene rings is 3. The zero-order valence-corrected chi connectivity index (χ0v) is 16.1. The molecule has 5 aromatic rings. The molecule has 0 amide bonds. The van der Waals surface area contributed by atoms with Gasteiger partial charge in [0.25, 0.3) is 0 Å². The molecule has 2 aromatic heterocycles. The molecule has 29 heavy (non-hydrogen) atoms. The summed E-state index contributed by atoms with van der Waals surface area (Å²) in [5.74, 6) is 1.83. The van der Waals surface area contributed by atoms with Crippen LogP contribution in [0.15, 0.2) is 97.3 Å². The minimum absolute atomic E-state index is 0.873. The van der Waals surface area contributed by atoms with E-state index in [4.69, 9.17) is 0 Å². The van der Waals surface area contributed by atoms with E-state index in [0.717, 1.165) is 45.3 Å². The molecular weight excluding hydrogens is 356 g/mol. The lowest BCUT2D eigenvalue weighted by molar-refractivity contribution is 0.933. The van der Waals surface area contributed by atoms with Crippen LogP contribution >= 0.6 is 0 Å². The number of hydrogen-bond acceptors (Lipinski definition) is 2. The first kappa shape index (κ1) is 17.2. The fourth-order valence-corrected chi connectivity index (χ4v) is 3.59. The highest BCUT2D eigenvalue weighted by atomic mass is 15.1. The number of hydrogen-bond donors (Lipinski definition) is 1. The van der Waals surface area contributed by atoms with E-state index < -0.39 is 0 Å². The van der Waals surface area contributed by atoms with Gasteiger partial charge in [0.05, 0.1) is 23.8 Å². The molecule has 0 radical (unpaired) electrons. The predicted octanol–water partition coefficient (Wildman–Crippen LogP) is 5.81. The lowest BCUT2D eigenvalue weighted by atomic mass is 10.1. The molecule has 4 nitrogen and oxygen atoms in total. The normalized spacial score (nSPS) is 10.9. The average molecular weight is 376 g/mol. The third kappa shape index (κ3) is 3.25. The van der Waals surface area contributed by atoms with Gasteiger partial charge in [0.1, 0.15) is 11.6 Å². The Labute approximate surface area is 169 Å². The molecule has 0 spiro atoms. The second kappa shape index (κ2) is 7.24. The molecule has 0 saturated carbocycles. The maximum absolute atomic E-state index is 4.65. The zero-order chi connectivity index (χ0) is 19.6. The van der Waals surface area contributed by atoms with Crippen molar-refractivity contribution in [2.24, 2.45) is 7.05 Å². The Morgan fingerprint density at radius 3 is 2.07 bits per heavy atom. The van der Waals surface area contributed by atoms with Crippen LogP contribution in [0.25, 0.3) is 45.3 Å². The number of nitrogens with one attached hydrogen (secondary N) is 1. The van der Waals surface area contributed by atoms with E-state index in [1.165, 1.54) is 0 Å². The molecule has 0 saturated heterocycles. The predicted molar refractivity (Wildman–Crippen MR) is 117 cm³/mol. The molecule has 0 atom stereocenters. The van der Waals surface area contributed by atoms with Gasteiger partial charge in [0.2, 0.25) is 0 Å². The first-order chi connectivity index (χ1) is 14.3. The molecule has 0 fully saturated rings. The van der Waals surface area contributed by atoms with Crippen LogP contribution in [-0.4, -0.2) is 19.5 Å². The summed E-state index contributed by atoms with van der Waals surface area (Å²) in [6, 6.07) is 28.9. The molecule has 4 heteroatoms. The van der Waals surface area contributed by atoms with Crippen LogP contribution in [0.4, 0.5) is 0 Å². The van der Waals surface area contributed by atoms with Gasteiger partial charge in [-0.15, -0.1) is 0 Å². The maximum atomic E-state index is 4.65. The van der Waals surface area contributed by atoms with E-state index in [0.29, 0.717) is 0 Å². The second-order valence-corrected chi connectivity index (χ2v) is 6.98. The Hall–Kier alpha value is -3.92. The van der Waals surface area contributed by atoms with Crippen LogP contribution in [-0.2, 0) is 7.05 Å². The second-order valence-electron chi connectivity index (χ2n) is 6.98. The Morgan fingerprint density at radius 2 is 1.31 bits per heavy atom. The Balaban J connectivity index is 1.50. The molecule has 0 bridgehead atoms. The zero-order valence-electron chi connectivity index (χ0n) is 16.1. The third-order valence-electron chi connectivity index (χ3n) is 5.11. The molecule has 5 rings (SSSR count). The van der Waals surface area contributed by atoms with Crippen molar-refractivity contribution in [1.29, 1.82) is 0 Å². The third-order valence-corrected chi connectivity index (χ3v) is 5.11. The van der Waals surface area contributed by atoms with Crippen LogP contribution in [0.3, 0.4) is 0 Å². The minimum atomic E-state index is 0.873. The monoisotopic (exact) mass is 376 g/mol. The number of aromatic nitrogens is 4. The summed E-state index contributed by atoms with van der Waals surface area (Å²) in [6.07, 6.45) is 3.82. The van der Waals surface area contributed by atoms with Gasteiger partial charge >= 0.3 is 0 Å². The van der Waals surface area contributed by atoms with Gasteiger partial charge in [-0.2, -0.15) is 0 Å². The quantitative estimate of drug-likeness (QED) is 0.430. The minimum Gasteiger partial charge on any atom is -0.338 e. The Bertz CT molecular complexity index is 1250. The topological polar surface area (TPSA) is 46.5 Å². The molecule has 0 aliphatic carbocycles. The van der Waals surface area contributed by atoms with Gasteiger partial charge in [-0.3, -0.25) is 0 Å². The van der Waals surface area contributed by atoms with Gasteiger partial charge in [0.15, 0.2) is 0 Å². The molecule has 0 unspecified atom stereocenters. The first-order valence-electron chi connectivity index (χ1n) is 9.58. The first-order valence-corrected chi connectivity index (χ1v) is 9.58. The van der Waals surface area contributed by atoms with E-state index in [1.807, 2.05) is 48.8 Å². The summed E-state index contributed by atoms with van der Waals surface area (Å²) in [7, 11) is 2.06. The van der Waals surface area contributed by atoms with Gasteiger partial charge in [-0.05, 0) is 6.07 Å². The largest absolute Gasteiger partial charge is 0.338 e. The lowest BCUT2D eigenvalue weighted by Crippen LogP contribution is -1.95. The highest BCUT2D eigenvalue weighted by molar-refractivity contribution is 5.72. The van der Waals surface area contributed by atoms with Gasteiger partial charge in [0, 0.05) is 29.3 Å². The molecule has 1 N–H and O–H groups in total. The van der Waals surface area contributed by atoms with Gasteiger partial charge < -0.3 is 9.55 Å². The molecular formula is C25H20N4. The van der Waals surface area contributed by atoms with Crippen LogP contribution in [0.2, 0.25) is 0 Å². The number of rotatable bonds is 4. The molecule has 0 aliphatic rings. The van der Waals surface area contributed by atoms with Crippen molar-refractivity contribution in [2.45, 2.75) is 0 Å². The summed E-state index contributed by atoms with van der Waals surface area (Å²) in [4.78, 5) is 12.6. The summed E-state index contributed by atoms with van der Waals surface area (Å²) >= 11 is 0. The van der Waals surface area contributed by atoms with Crippen molar-refractivity contribution in [3.63, 3.8) is 0 Å². The summed E-state index contributed by atoms with van der Waals surface area (Å²) < 4.78 is 2.14. The Kier molecular flexibility index (Phi) is 4.30. The molecule has 140 valence electrons. The summed E-state index contributed by atoms with van der Waals surface area (Å²) in [5.41, 5.74) is 6.48. The van der Waals surface area contributed by atoms with Crippen molar-refractivity contribution in [3.05, 3.63) is 97.3 Å². The smallest absolute Gasteiger partial charge is 0.140 e. The van der Waals surface area contributed by atoms with Crippen LogP contribution in [0.1, 0.15) is 0 Å². The molecule has 0 aliphatic heterocycles. The lowest BCUT2D eigenvalue weighted by Gasteiger charge is -2.08. The van der Waals surface area contributed by atoms with Crippen molar-refractivity contribution in [3.8, 4) is 45.3 Å². The standard InChI is InChI=1S/C25H20N4/c1-29-23(17-27-25(29)19-11-6-3-7-12-19)21-14-8-13-20(15-21)22-16-26-24(28-22)18-9-4-2-5-10-18/h2-17H,1H3,(H,26,28). The SMILES string of the molecule is Cn1c(-c2cccc(-c3cnc(-c4ccccc4)[nH]3)c2)cnc1-c1ccccc1. The van der Waals surface area contributed by atoms with E-state index in [2.05, 4.69) is 75.1 Å². The average Bonchev–Trinajstić information content (AvgIpc) is 3.42. The van der Waals surface area contributed by atoms with Crippen molar-refractivity contribution in [1.82, 2.24) is 19.5 Å². The van der Waals surface area contributed by atoms with Crippen molar-refractivity contribution < 1.29 is 0 Å². The van der Waals surface area contributed by atoms with E-state index in [-0.39, 0.29) is 0 Å². The van der Waals surface area contributed by atoms with E-state index in [1.54, 1.807) is 0 Å². The number of H-pyrrole nitrogens is 1. The highest BCUT2D eigenvalue weighted by Crippen LogP contribution is 2.29. The highest BCUT2D eigenvalue weighted by Gasteiger charge is 2.12. The van der Waals surface area contributed by atoms with Crippen LogP contribution in [0, 0.1) is 0 Å². The number of imidazole rings is 2. The van der Waals surface area contributed by atoms with E-state index in [9.17, 15) is 0 Å². The van der Waals surface area contributed by atoms with Crippen LogP contribution in [0.5, 0.6) is 0 Å². The van der Waals surface area contributed by atoms with Crippen molar-refractivity contribution >= 4 is 0 Å². The Morgan fingerprint density at radius 1 is 0.655 bits per heavy atom. The summed E-state index contributed by atoms with van der Waals surface area (Å²) in [6.45, 7) is 0. The van der Waals surface area contributed by atoms with Gasteiger partial charge in [-0.25, -0.2) is 9.97 Å². The molecule has 3 aromatic carbocycles.